The second-order valence-corrected chi connectivity index (χ2v) is 1.99. The van der Waals surface area contributed by atoms with E-state index in [1.54, 1.807) is 6.92 Å². The zero-order valence-corrected chi connectivity index (χ0v) is 5.93. The smallest absolute Gasteiger partial charge is 0.208 e. The highest BCUT2D eigenvalue weighted by molar-refractivity contribution is 5.95. The van der Waals surface area contributed by atoms with Crippen LogP contribution in [0.5, 0.6) is 0 Å². The minimum atomic E-state index is 0.315. The van der Waals surface area contributed by atoms with Crippen LogP contribution >= 0.6 is 0 Å². The second-order valence-electron chi connectivity index (χ2n) is 1.99. The fourth-order valence-electron chi connectivity index (χ4n) is 0.614. The van der Waals surface area contributed by atoms with Gasteiger partial charge in [0, 0.05) is 0 Å². The third kappa shape index (κ3) is 1.64. The van der Waals surface area contributed by atoms with Gasteiger partial charge in [-0.2, -0.15) is 4.73 Å². The van der Waals surface area contributed by atoms with Crippen molar-refractivity contribution in [1.82, 2.24) is 4.98 Å². The highest BCUT2D eigenvalue weighted by Crippen LogP contribution is 1.90. The summed E-state index contributed by atoms with van der Waals surface area (Å²) in [4.78, 5) is 3.80. The lowest BCUT2D eigenvalue weighted by Gasteiger charge is -1.96. The van der Waals surface area contributed by atoms with Gasteiger partial charge in [0.25, 0.3) is 0 Å². The average molecular weight is 153 g/mol. The number of oxime groups is 1. The minimum absolute atomic E-state index is 0.315. The predicted molar refractivity (Wildman–Crippen MR) is 37.2 cm³/mol. The molecule has 5 nitrogen and oxygen atoms in total. The quantitative estimate of drug-likeness (QED) is 0.201. The third-order valence-corrected chi connectivity index (χ3v) is 1.20. The summed E-state index contributed by atoms with van der Waals surface area (Å²) in [6.45, 7) is 1.56. The molecule has 1 N–H and O–H groups in total. The molecule has 0 unspecified atom stereocenters. The molecule has 0 aliphatic carbocycles. The monoisotopic (exact) mass is 153 g/mol. The molecule has 0 fully saturated rings. The van der Waals surface area contributed by atoms with Crippen LogP contribution < -0.4 is 4.73 Å². The molecule has 1 aromatic rings. The molecule has 0 bridgehead atoms. The highest BCUT2D eigenvalue weighted by atomic mass is 16.5. The highest BCUT2D eigenvalue weighted by Gasteiger charge is 2.01. The lowest BCUT2D eigenvalue weighted by Crippen LogP contribution is -2.26. The van der Waals surface area contributed by atoms with Crippen LogP contribution in [0.2, 0.25) is 0 Å². The molecular weight excluding hydrogens is 146 g/mol. The molecule has 0 radical (unpaired) electrons. The number of hydrogen-bond acceptors (Lipinski definition) is 4. The summed E-state index contributed by atoms with van der Waals surface area (Å²) in [5, 5.41) is 21.9. The van der Waals surface area contributed by atoms with E-state index >= 15 is 0 Å². The van der Waals surface area contributed by atoms with E-state index in [4.69, 9.17) is 5.21 Å². The van der Waals surface area contributed by atoms with Crippen LogP contribution in [-0.2, 0) is 0 Å². The second kappa shape index (κ2) is 2.96. The van der Waals surface area contributed by atoms with E-state index in [9.17, 15) is 5.21 Å². The van der Waals surface area contributed by atoms with Gasteiger partial charge >= 0.3 is 0 Å². The van der Waals surface area contributed by atoms with Gasteiger partial charge in [0.2, 0.25) is 6.20 Å². The van der Waals surface area contributed by atoms with Gasteiger partial charge in [-0.05, 0) is 6.92 Å². The van der Waals surface area contributed by atoms with Gasteiger partial charge in [0.15, 0.2) is 11.9 Å². The zero-order valence-electron chi connectivity index (χ0n) is 5.93. The van der Waals surface area contributed by atoms with Crippen LogP contribution in [-0.4, -0.2) is 15.9 Å². The van der Waals surface area contributed by atoms with Gasteiger partial charge in [-0.3, -0.25) is 0 Å². The van der Waals surface area contributed by atoms with E-state index in [2.05, 4.69) is 10.1 Å². The maximum Gasteiger partial charge on any atom is 0.208 e. The van der Waals surface area contributed by atoms with E-state index < -0.39 is 0 Å². The molecule has 0 aliphatic rings. The Hall–Kier alpha value is -1.65. The summed E-state index contributed by atoms with van der Waals surface area (Å²) in [7, 11) is 0. The van der Waals surface area contributed by atoms with Crippen molar-refractivity contribution in [2.45, 2.75) is 6.92 Å². The summed E-state index contributed by atoms with van der Waals surface area (Å²) in [6, 6.07) is 0. The number of hydrogen-bond donors (Lipinski definition) is 1. The summed E-state index contributed by atoms with van der Waals surface area (Å²) in [6.07, 6.45) is 3.83. The van der Waals surface area contributed by atoms with Crippen molar-refractivity contribution in [2.24, 2.45) is 5.16 Å². The number of nitrogens with zero attached hydrogens (tertiary/aromatic N) is 3. The standard InChI is InChI=1S/C6H7N3O2/c1-5(8-10)6-4-9(11)3-2-7-6/h2-4,10H,1H3/b8-5-. The van der Waals surface area contributed by atoms with Crippen molar-refractivity contribution in [3.8, 4) is 0 Å². The Morgan fingerprint density at radius 1 is 1.82 bits per heavy atom. The first kappa shape index (κ1) is 7.46. The first-order chi connectivity index (χ1) is 5.24. The van der Waals surface area contributed by atoms with Crippen molar-refractivity contribution in [3.05, 3.63) is 29.5 Å². The van der Waals surface area contributed by atoms with Crippen LogP contribution in [0, 0.1) is 5.21 Å². The Balaban J connectivity index is 3.06. The van der Waals surface area contributed by atoms with Gasteiger partial charge in [-0.25, -0.2) is 4.98 Å². The Morgan fingerprint density at radius 2 is 2.55 bits per heavy atom. The van der Waals surface area contributed by atoms with Gasteiger partial charge < -0.3 is 10.4 Å². The Bertz CT molecular complexity index is 285. The first-order valence-corrected chi connectivity index (χ1v) is 2.98. The molecule has 0 spiro atoms. The Kier molecular flexibility index (Phi) is 2.00. The number of rotatable bonds is 1. The van der Waals surface area contributed by atoms with Crippen molar-refractivity contribution < 1.29 is 9.94 Å². The molecule has 0 atom stereocenters. The van der Waals surface area contributed by atoms with E-state index in [0.717, 1.165) is 0 Å². The molecule has 0 aliphatic heterocycles. The molecule has 5 heteroatoms. The lowest BCUT2D eigenvalue weighted by molar-refractivity contribution is -0.606. The minimum Gasteiger partial charge on any atom is -0.619 e. The molecule has 11 heavy (non-hydrogen) atoms. The molecule has 1 heterocycles. The first-order valence-electron chi connectivity index (χ1n) is 2.98. The van der Waals surface area contributed by atoms with Crippen LogP contribution in [0.15, 0.2) is 23.7 Å². The largest absolute Gasteiger partial charge is 0.619 e. The fourth-order valence-corrected chi connectivity index (χ4v) is 0.614. The van der Waals surface area contributed by atoms with Gasteiger partial charge in [0.05, 0.1) is 6.20 Å². The van der Waals surface area contributed by atoms with E-state index in [1.165, 1.54) is 18.6 Å². The molecule has 1 rings (SSSR count). The Labute approximate surface area is 63.2 Å². The van der Waals surface area contributed by atoms with E-state index in [-0.39, 0.29) is 0 Å². The molecule has 0 amide bonds. The predicted octanol–water partition coefficient (Wildman–Crippen LogP) is -0.0868. The molecule has 1 aromatic heterocycles. The van der Waals surface area contributed by atoms with Crippen molar-refractivity contribution in [2.75, 3.05) is 0 Å². The summed E-state index contributed by atoms with van der Waals surface area (Å²) in [5.74, 6) is 0. The lowest BCUT2D eigenvalue weighted by atomic mass is 10.3. The molecular formula is C6H7N3O2. The zero-order chi connectivity index (χ0) is 8.27. The maximum absolute atomic E-state index is 10.7. The SMILES string of the molecule is C/C(=N/O)c1c[n+]([O-])ccn1. The van der Waals surface area contributed by atoms with Crippen molar-refractivity contribution >= 4 is 5.71 Å². The van der Waals surface area contributed by atoms with Crippen LogP contribution in [0.1, 0.15) is 12.6 Å². The van der Waals surface area contributed by atoms with Gasteiger partial charge in [-0.1, -0.05) is 5.16 Å². The topological polar surface area (TPSA) is 72.4 Å². The van der Waals surface area contributed by atoms with E-state index in [0.29, 0.717) is 16.1 Å². The van der Waals surface area contributed by atoms with Gasteiger partial charge in [0.1, 0.15) is 5.71 Å². The summed E-state index contributed by atoms with van der Waals surface area (Å²) in [5.41, 5.74) is 0.681. The van der Waals surface area contributed by atoms with Crippen LogP contribution in [0.4, 0.5) is 0 Å². The average Bonchev–Trinajstić information content (AvgIpc) is 2.03. The summed E-state index contributed by atoms with van der Waals surface area (Å²) < 4.78 is 0.594. The Morgan fingerprint density at radius 3 is 3.09 bits per heavy atom. The normalized spacial score (nSPS) is 11.5. The summed E-state index contributed by atoms with van der Waals surface area (Å²) >= 11 is 0. The maximum atomic E-state index is 10.7. The van der Waals surface area contributed by atoms with Crippen molar-refractivity contribution in [3.63, 3.8) is 0 Å². The van der Waals surface area contributed by atoms with Crippen molar-refractivity contribution in [1.29, 1.82) is 0 Å². The van der Waals surface area contributed by atoms with Crippen LogP contribution in [0.3, 0.4) is 0 Å². The molecule has 58 valence electrons. The molecule has 0 saturated heterocycles. The van der Waals surface area contributed by atoms with Crippen LogP contribution in [0.25, 0.3) is 0 Å². The van der Waals surface area contributed by atoms with E-state index in [1.807, 2.05) is 0 Å². The molecule has 0 aromatic carbocycles. The fraction of sp³-hybridized carbons (Fsp3) is 0.167. The molecule has 0 saturated carbocycles. The van der Waals surface area contributed by atoms with Gasteiger partial charge in [-0.15, -0.1) is 0 Å². The third-order valence-electron chi connectivity index (χ3n) is 1.20. The number of aromatic nitrogens is 2.